The highest BCUT2D eigenvalue weighted by molar-refractivity contribution is 5.39. The van der Waals surface area contributed by atoms with Crippen molar-refractivity contribution in [1.29, 1.82) is 0 Å². The van der Waals surface area contributed by atoms with Gasteiger partial charge in [-0.2, -0.15) is 5.48 Å². The second kappa shape index (κ2) is 6.03. The number of ether oxygens (including phenoxy) is 1. The summed E-state index contributed by atoms with van der Waals surface area (Å²) in [5.74, 6) is 0.894. The second-order valence-electron chi connectivity index (χ2n) is 4.79. The Morgan fingerprint density at radius 1 is 1.24 bits per heavy atom. The molecule has 0 saturated carbocycles. The van der Waals surface area contributed by atoms with Gasteiger partial charge in [0, 0.05) is 12.1 Å². The highest BCUT2D eigenvalue weighted by atomic mass is 16.6. The Balaban J connectivity index is 3.04. The fourth-order valence-corrected chi connectivity index (χ4v) is 1.69. The second-order valence-corrected chi connectivity index (χ2v) is 4.79. The van der Waals surface area contributed by atoms with Crippen LogP contribution in [0.15, 0.2) is 18.2 Å². The summed E-state index contributed by atoms with van der Waals surface area (Å²) in [6.45, 7) is 7.36. The molecule has 0 fully saturated rings. The molecule has 0 aliphatic carbocycles. The number of benzene rings is 1. The molecule has 1 rings (SSSR count). The van der Waals surface area contributed by atoms with Crippen molar-refractivity contribution >= 4 is 0 Å². The van der Waals surface area contributed by atoms with Crippen LogP contribution in [0.5, 0.6) is 5.75 Å². The molecule has 17 heavy (non-hydrogen) atoms. The molecule has 0 aliphatic heterocycles. The van der Waals surface area contributed by atoms with E-state index in [0.29, 0.717) is 6.54 Å². The molecule has 1 aromatic carbocycles. The molecule has 3 nitrogen and oxygen atoms in total. The topological polar surface area (TPSA) is 30.5 Å². The highest BCUT2D eigenvalue weighted by Crippen LogP contribution is 2.30. The highest BCUT2D eigenvalue weighted by Gasteiger charge is 2.19. The zero-order chi connectivity index (χ0) is 12.9. The van der Waals surface area contributed by atoms with Crippen molar-refractivity contribution in [1.82, 2.24) is 5.48 Å². The molecule has 0 amide bonds. The Kier molecular flexibility index (Phi) is 4.97. The van der Waals surface area contributed by atoms with E-state index in [2.05, 4.69) is 38.4 Å². The molecular weight excluding hydrogens is 214 g/mol. The van der Waals surface area contributed by atoms with Crippen LogP contribution in [0.25, 0.3) is 0 Å². The minimum absolute atomic E-state index is 0.189. The van der Waals surface area contributed by atoms with Crippen LogP contribution >= 0.6 is 0 Å². The standard InChI is InChI=1S/C14H23NO2/c1-6-14(2,3)12-7-8-13(16-4)11(9-12)10-15-17-5/h7-9,15H,6,10H2,1-5H3. The first kappa shape index (κ1) is 14.0. The van der Waals surface area contributed by atoms with Gasteiger partial charge in [0.15, 0.2) is 0 Å². The third kappa shape index (κ3) is 3.45. The molecule has 0 atom stereocenters. The van der Waals surface area contributed by atoms with Crippen molar-refractivity contribution in [2.45, 2.75) is 39.2 Å². The summed E-state index contributed by atoms with van der Waals surface area (Å²) in [6, 6.07) is 6.35. The van der Waals surface area contributed by atoms with Crippen LogP contribution in [0.2, 0.25) is 0 Å². The van der Waals surface area contributed by atoms with Crippen molar-refractivity contribution in [2.75, 3.05) is 14.2 Å². The van der Waals surface area contributed by atoms with E-state index < -0.39 is 0 Å². The molecule has 0 saturated heterocycles. The molecule has 0 bridgehead atoms. The molecule has 0 heterocycles. The van der Waals surface area contributed by atoms with Gasteiger partial charge in [-0.1, -0.05) is 32.9 Å². The average Bonchev–Trinajstić information content (AvgIpc) is 2.35. The number of nitrogens with one attached hydrogen (secondary N) is 1. The maximum atomic E-state index is 5.35. The van der Waals surface area contributed by atoms with Crippen LogP contribution < -0.4 is 10.2 Å². The molecule has 1 aromatic rings. The monoisotopic (exact) mass is 237 g/mol. The van der Waals surface area contributed by atoms with E-state index in [9.17, 15) is 0 Å². The molecule has 0 spiro atoms. The summed E-state index contributed by atoms with van der Waals surface area (Å²) < 4.78 is 5.35. The van der Waals surface area contributed by atoms with Gasteiger partial charge in [0.05, 0.1) is 14.2 Å². The van der Waals surface area contributed by atoms with Gasteiger partial charge < -0.3 is 9.57 Å². The summed E-state index contributed by atoms with van der Waals surface area (Å²) in [7, 11) is 3.31. The first-order valence-corrected chi connectivity index (χ1v) is 5.98. The quantitative estimate of drug-likeness (QED) is 0.771. The Bertz CT molecular complexity index is 361. The Morgan fingerprint density at radius 2 is 1.94 bits per heavy atom. The van der Waals surface area contributed by atoms with Gasteiger partial charge in [-0.25, -0.2) is 0 Å². The average molecular weight is 237 g/mol. The summed E-state index contributed by atoms with van der Waals surface area (Å²) >= 11 is 0. The van der Waals surface area contributed by atoms with Crippen molar-refractivity contribution in [3.8, 4) is 5.75 Å². The normalized spacial score (nSPS) is 11.6. The number of rotatable bonds is 6. The van der Waals surface area contributed by atoms with Crippen LogP contribution in [0.1, 0.15) is 38.3 Å². The Morgan fingerprint density at radius 3 is 2.47 bits per heavy atom. The van der Waals surface area contributed by atoms with E-state index in [1.54, 1.807) is 14.2 Å². The van der Waals surface area contributed by atoms with E-state index in [4.69, 9.17) is 9.57 Å². The van der Waals surface area contributed by atoms with E-state index in [1.165, 1.54) is 5.56 Å². The molecule has 0 aliphatic rings. The summed E-state index contributed by atoms with van der Waals surface area (Å²) in [6.07, 6.45) is 1.11. The number of methoxy groups -OCH3 is 1. The van der Waals surface area contributed by atoms with Gasteiger partial charge in [-0.15, -0.1) is 0 Å². The predicted molar refractivity (Wildman–Crippen MR) is 70.2 cm³/mol. The van der Waals surface area contributed by atoms with Crippen molar-refractivity contribution in [3.63, 3.8) is 0 Å². The Hall–Kier alpha value is -1.06. The first-order chi connectivity index (χ1) is 8.05. The smallest absolute Gasteiger partial charge is 0.123 e. The van der Waals surface area contributed by atoms with E-state index in [0.717, 1.165) is 17.7 Å². The van der Waals surface area contributed by atoms with E-state index >= 15 is 0 Å². The third-order valence-corrected chi connectivity index (χ3v) is 3.35. The Labute approximate surface area is 104 Å². The zero-order valence-corrected chi connectivity index (χ0v) is 11.5. The first-order valence-electron chi connectivity index (χ1n) is 5.98. The molecular formula is C14H23NO2. The largest absolute Gasteiger partial charge is 0.496 e. The molecule has 96 valence electrons. The lowest BCUT2D eigenvalue weighted by molar-refractivity contribution is 0.0861. The van der Waals surface area contributed by atoms with Gasteiger partial charge in [-0.05, 0) is 23.5 Å². The predicted octanol–water partition coefficient (Wildman–Crippen LogP) is 3.03. The lowest BCUT2D eigenvalue weighted by Crippen LogP contribution is -2.17. The number of hydrogen-bond acceptors (Lipinski definition) is 3. The third-order valence-electron chi connectivity index (χ3n) is 3.35. The molecule has 0 radical (unpaired) electrons. The molecule has 0 unspecified atom stereocenters. The van der Waals surface area contributed by atoms with Crippen LogP contribution in [-0.2, 0) is 16.8 Å². The van der Waals surface area contributed by atoms with Gasteiger partial charge in [0.25, 0.3) is 0 Å². The van der Waals surface area contributed by atoms with Gasteiger partial charge >= 0.3 is 0 Å². The van der Waals surface area contributed by atoms with E-state index in [-0.39, 0.29) is 5.41 Å². The van der Waals surface area contributed by atoms with Crippen molar-refractivity contribution in [2.24, 2.45) is 0 Å². The van der Waals surface area contributed by atoms with Crippen LogP contribution in [-0.4, -0.2) is 14.2 Å². The maximum Gasteiger partial charge on any atom is 0.123 e. The van der Waals surface area contributed by atoms with Gasteiger partial charge in [0.1, 0.15) is 5.75 Å². The lowest BCUT2D eigenvalue weighted by Gasteiger charge is -2.24. The maximum absolute atomic E-state index is 5.35. The van der Waals surface area contributed by atoms with Crippen LogP contribution in [0, 0.1) is 0 Å². The molecule has 1 N–H and O–H groups in total. The zero-order valence-electron chi connectivity index (χ0n) is 11.5. The lowest BCUT2D eigenvalue weighted by atomic mass is 9.81. The van der Waals surface area contributed by atoms with Gasteiger partial charge in [0.2, 0.25) is 0 Å². The van der Waals surface area contributed by atoms with Crippen molar-refractivity contribution < 1.29 is 9.57 Å². The number of hydroxylamine groups is 1. The molecule has 3 heteroatoms. The minimum atomic E-state index is 0.189. The van der Waals surface area contributed by atoms with Crippen LogP contribution in [0.4, 0.5) is 0 Å². The fourth-order valence-electron chi connectivity index (χ4n) is 1.69. The summed E-state index contributed by atoms with van der Waals surface area (Å²) in [5.41, 5.74) is 5.49. The van der Waals surface area contributed by atoms with Crippen molar-refractivity contribution in [3.05, 3.63) is 29.3 Å². The molecule has 0 aromatic heterocycles. The summed E-state index contributed by atoms with van der Waals surface area (Å²) in [5, 5.41) is 0. The number of hydrogen-bond donors (Lipinski definition) is 1. The minimum Gasteiger partial charge on any atom is -0.496 e. The van der Waals surface area contributed by atoms with Gasteiger partial charge in [-0.3, -0.25) is 0 Å². The fraction of sp³-hybridized carbons (Fsp3) is 0.571. The summed E-state index contributed by atoms with van der Waals surface area (Å²) in [4.78, 5) is 4.89. The SMILES string of the molecule is CCC(C)(C)c1ccc(OC)c(CNOC)c1. The van der Waals surface area contributed by atoms with E-state index in [1.807, 2.05) is 6.07 Å². The van der Waals surface area contributed by atoms with Crippen LogP contribution in [0.3, 0.4) is 0 Å².